The zero-order valence-corrected chi connectivity index (χ0v) is 18.9. The molecule has 1 unspecified atom stereocenters. The van der Waals surface area contributed by atoms with E-state index in [1.165, 1.54) is 70.6 Å². The molecule has 0 bridgehead atoms. The number of halogens is 1. The van der Waals surface area contributed by atoms with Crippen LogP contribution in [0.3, 0.4) is 0 Å². The fourth-order valence-electron chi connectivity index (χ4n) is 3.25. The normalized spacial score (nSPS) is 11.6. The molecule has 5 heteroatoms. The van der Waals surface area contributed by atoms with Crippen molar-refractivity contribution >= 4 is 5.97 Å². The van der Waals surface area contributed by atoms with Crippen LogP contribution in [0, 0.1) is 0 Å². The maximum atomic E-state index is 13.6. The minimum Gasteiger partial charge on any atom is -0.464 e. The molecule has 0 aliphatic rings. The van der Waals surface area contributed by atoms with E-state index in [9.17, 15) is 9.18 Å². The lowest BCUT2D eigenvalue weighted by atomic mass is 10.0. The van der Waals surface area contributed by atoms with Crippen molar-refractivity contribution in [3.05, 3.63) is 0 Å². The highest BCUT2D eigenvalue weighted by Crippen LogP contribution is 2.13. The Bertz CT molecular complexity index is 304. The fraction of sp³-hybridized carbons (Fsp3) is 0.957. The van der Waals surface area contributed by atoms with E-state index in [4.69, 9.17) is 4.74 Å². The molecule has 0 radical (unpaired) electrons. The van der Waals surface area contributed by atoms with Gasteiger partial charge >= 0.3 is 5.97 Å². The summed E-state index contributed by atoms with van der Waals surface area (Å²) in [4.78, 5) is 11.5. The van der Waals surface area contributed by atoms with Crippen LogP contribution in [0.4, 0.5) is 4.39 Å². The van der Waals surface area contributed by atoms with Crippen LogP contribution < -0.4 is 11.7 Å². The van der Waals surface area contributed by atoms with Gasteiger partial charge in [0.05, 0.1) is 6.61 Å². The van der Waals surface area contributed by atoms with Gasteiger partial charge in [-0.2, -0.15) is 0 Å². The van der Waals surface area contributed by atoms with Gasteiger partial charge in [0.25, 0.3) is 0 Å². The molecule has 0 heterocycles. The van der Waals surface area contributed by atoms with Gasteiger partial charge in [-0.25, -0.2) is 9.18 Å². The largest absolute Gasteiger partial charge is 0.464 e. The number of carbonyl (C=O) groups excluding carboxylic acids is 1. The molecule has 4 N–H and O–H groups in total. The number of hydrogen-bond donors (Lipinski definition) is 2. The molecule has 0 spiro atoms. The van der Waals surface area contributed by atoms with Gasteiger partial charge in [-0.1, -0.05) is 110 Å². The van der Waals surface area contributed by atoms with Crippen LogP contribution in [0.25, 0.3) is 0 Å². The monoisotopic (exact) mass is 404 g/mol. The Hall–Kier alpha value is -0.680. The first-order valence-corrected chi connectivity index (χ1v) is 11.9. The quantitative estimate of drug-likeness (QED) is 0.102. The van der Waals surface area contributed by atoms with E-state index >= 15 is 0 Å². The minimum absolute atomic E-state index is 0.317. The Labute approximate surface area is 174 Å². The van der Waals surface area contributed by atoms with Crippen LogP contribution in [0.15, 0.2) is 0 Å². The van der Waals surface area contributed by atoms with Gasteiger partial charge in [-0.05, 0) is 19.3 Å². The van der Waals surface area contributed by atoms with Crippen LogP contribution >= 0.6 is 0 Å². The highest BCUT2D eigenvalue weighted by molar-refractivity contribution is 5.74. The molecular weight excluding hydrogens is 355 g/mol. The highest BCUT2D eigenvalue weighted by atomic mass is 19.1. The molecule has 0 aromatic rings. The van der Waals surface area contributed by atoms with Crippen molar-refractivity contribution in [3.8, 4) is 0 Å². The summed E-state index contributed by atoms with van der Waals surface area (Å²) < 4.78 is 18.7. The third-order valence-electron chi connectivity index (χ3n) is 5.06. The average molecular weight is 405 g/mol. The van der Waals surface area contributed by atoms with Crippen molar-refractivity contribution in [1.82, 2.24) is 0 Å². The van der Waals surface area contributed by atoms with Gasteiger partial charge in [-0.3, -0.25) is 11.7 Å². The summed E-state index contributed by atoms with van der Waals surface area (Å²) in [6.45, 7) is 4.76. The summed E-state index contributed by atoms with van der Waals surface area (Å²) in [5.74, 6) is 7.35. The Balaban J connectivity index is 0. The second-order valence-electron chi connectivity index (χ2n) is 7.73. The predicted molar refractivity (Wildman–Crippen MR) is 119 cm³/mol. The summed E-state index contributed by atoms with van der Waals surface area (Å²) in [5.41, 5.74) is 0. The molecule has 0 aliphatic carbocycles. The van der Waals surface area contributed by atoms with Gasteiger partial charge < -0.3 is 4.74 Å². The van der Waals surface area contributed by atoms with E-state index < -0.39 is 12.1 Å². The summed E-state index contributed by atoms with van der Waals surface area (Å²) in [7, 11) is 0. The van der Waals surface area contributed by atoms with Crippen LogP contribution in [0.2, 0.25) is 0 Å². The van der Waals surface area contributed by atoms with Crippen molar-refractivity contribution in [3.63, 3.8) is 0 Å². The first-order valence-electron chi connectivity index (χ1n) is 11.9. The SMILES string of the molecule is CCCCCCCCCCCCCCCOC(=O)C(F)CCCCCC.NN. The highest BCUT2D eigenvalue weighted by Gasteiger charge is 2.17. The summed E-state index contributed by atoms with van der Waals surface area (Å²) in [5, 5.41) is 0. The van der Waals surface area contributed by atoms with E-state index in [1.54, 1.807) is 0 Å². The Morgan fingerprint density at radius 2 is 1.04 bits per heavy atom. The van der Waals surface area contributed by atoms with Crippen molar-refractivity contribution in [2.24, 2.45) is 11.7 Å². The number of ether oxygens (including phenoxy) is 1. The van der Waals surface area contributed by atoms with E-state index in [2.05, 4.69) is 25.5 Å². The van der Waals surface area contributed by atoms with E-state index in [0.717, 1.165) is 38.5 Å². The smallest absolute Gasteiger partial charge is 0.340 e. The second kappa shape index (κ2) is 26.3. The lowest BCUT2D eigenvalue weighted by Crippen LogP contribution is -2.19. The van der Waals surface area contributed by atoms with E-state index in [-0.39, 0.29) is 0 Å². The minimum atomic E-state index is -1.42. The summed E-state index contributed by atoms with van der Waals surface area (Å²) in [6.07, 6.45) is 19.7. The fourth-order valence-corrected chi connectivity index (χ4v) is 3.25. The molecule has 0 aromatic carbocycles. The van der Waals surface area contributed by atoms with Crippen LogP contribution in [0.5, 0.6) is 0 Å². The number of unbranched alkanes of at least 4 members (excludes halogenated alkanes) is 15. The molecule has 28 heavy (non-hydrogen) atoms. The van der Waals surface area contributed by atoms with Crippen molar-refractivity contribution < 1.29 is 13.9 Å². The molecule has 170 valence electrons. The third-order valence-corrected chi connectivity index (χ3v) is 5.06. The molecule has 0 aromatic heterocycles. The summed E-state index contributed by atoms with van der Waals surface area (Å²) >= 11 is 0. The van der Waals surface area contributed by atoms with E-state index in [1.807, 2.05) is 0 Å². The van der Waals surface area contributed by atoms with Gasteiger partial charge in [0, 0.05) is 0 Å². The molecule has 0 saturated heterocycles. The van der Waals surface area contributed by atoms with Crippen LogP contribution in [-0.2, 0) is 9.53 Å². The van der Waals surface area contributed by atoms with Crippen molar-refractivity contribution in [2.45, 2.75) is 136 Å². The predicted octanol–water partition coefficient (Wildman–Crippen LogP) is 6.75. The lowest BCUT2D eigenvalue weighted by Gasteiger charge is -2.09. The molecule has 0 fully saturated rings. The maximum Gasteiger partial charge on any atom is 0.340 e. The number of alkyl halides is 1. The van der Waals surface area contributed by atoms with Crippen molar-refractivity contribution in [1.29, 1.82) is 0 Å². The lowest BCUT2D eigenvalue weighted by molar-refractivity contribution is -0.150. The molecule has 0 amide bonds. The molecular formula is C23H49FN2O2. The molecule has 0 aliphatic heterocycles. The standard InChI is InChI=1S/C23H45FO2.H4N2/c1-3-5-7-9-10-11-12-13-14-15-16-17-19-21-26-23(25)22(24)20-18-8-6-4-2;1-2/h22H,3-21H2,1-2H3;1-2H2. The molecule has 4 nitrogen and oxygen atoms in total. The Morgan fingerprint density at radius 3 is 1.46 bits per heavy atom. The first kappa shape index (κ1) is 29.5. The number of hydrogen-bond acceptors (Lipinski definition) is 4. The maximum absolute atomic E-state index is 13.6. The average Bonchev–Trinajstić information content (AvgIpc) is 2.72. The van der Waals surface area contributed by atoms with Gasteiger partial charge in [0.2, 0.25) is 0 Å². The molecule has 0 saturated carbocycles. The first-order chi connectivity index (χ1) is 13.7. The van der Waals surface area contributed by atoms with Crippen LogP contribution in [-0.4, -0.2) is 18.7 Å². The van der Waals surface area contributed by atoms with Crippen LogP contribution in [0.1, 0.15) is 129 Å². The van der Waals surface area contributed by atoms with Gasteiger partial charge in [-0.15, -0.1) is 0 Å². The second-order valence-corrected chi connectivity index (χ2v) is 7.73. The number of carbonyl (C=O) groups is 1. The molecule has 0 rings (SSSR count). The Kier molecular flexibility index (Phi) is 27.7. The van der Waals surface area contributed by atoms with Gasteiger partial charge in [0.15, 0.2) is 6.17 Å². The summed E-state index contributed by atoms with van der Waals surface area (Å²) in [6, 6.07) is 0. The Morgan fingerprint density at radius 1 is 0.679 bits per heavy atom. The zero-order valence-electron chi connectivity index (χ0n) is 18.9. The zero-order chi connectivity index (χ0) is 21.3. The third kappa shape index (κ3) is 23.4. The number of esters is 1. The van der Waals surface area contributed by atoms with E-state index in [0.29, 0.717) is 13.0 Å². The number of rotatable bonds is 20. The number of hydrazine groups is 1. The number of nitrogens with two attached hydrogens (primary N) is 2. The van der Waals surface area contributed by atoms with Gasteiger partial charge in [0.1, 0.15) is 0 Å². The topological polar surface area (TPSA) is 78.3 Å². The molecule has 1 atom stereocenters. The van der Waals surface area contributed by atoms with Crippen molar-refractivity contribution in [2.75, 3.05) is 6.61 Å².